The fourth-order valence-electron chi connectivity index (χ4n) is 1.82. The van der Waals surface area contributed by atoms with Gasteiger partial charge in [0.2, 0.25) is 0 Å². The molecule has 0 saturated heterocycles. The highest BCUT2D eigenvalue weighted by Gasteiger charge is 2.10. The molecule has 20 heavy (non-hydrogen) atoms. The molecule has 2 aromatic carbocycles. The van der Waals surface area contributed by atoms with E-state index in [0.717, 1.165) is 21.8 Å². The first-order chi connectivity index (χ1) is 9.65. The van der Waals surface area contributed by atoms with Crippen LogP contribution in [0.15, 0.2) is 47.8 Å². The van der Waals surface area contributed by atoms with E-state index in [0.29, 0.717) is 15.1 Å². The predicted octanol–water partition coefficient (Wildman–Crippen LogP) is 6.44. The number of aromatic nitrogens is 1. The molecule has 0 fully saturated rings. The van der Waals surface area contributed by atoms with Crippen LogP contribution in [0.2, 0.25) is 15.1 Å². The Balaban J connectivity index is 2.02. The van der Waals surface area contributed by atoms with Crippen LogP contribution in [-0.2, 0) is 0 Å². The highest BCUT2D eigenvalue weighted by atomic mass is 35.5. The quantitative estimate of drug-likeness (QED) is 0.523. The summed E-state index contributed by atoms with van der Waals surface area (Å²) in [6, 6.07) is 13.2. The van der Waals surface area contributed by atoms with Crippen LogP contribution in [0, 0.1) is 0 Å². The van der Waals surface area contributed by atoms with Crippen molar-refractivity contribution in [3.8, 4) is 21.8 Å². The van der Waals surface area contributed by atoms with Crippen molar-refractivity contribution in [2.24, 2.45) is 0 Å². The van der Waals surface area contributed by atoms with Gasteiger partial charge in [0.05, 0.1) is 20.8 Å². The molecular weight excluding hydrogens is 333 g/mol. The number of nitrogens with zero attached hydrogens (tertiary/aromatic N) is 1. The Bertz CT molecular complexity index is 767. The Labute approximate surface area is 135 Å². The second kappa shape index (κ2) is 5.74. The van der Waals surface area contributed by atoms with Crippen molar-refractivity contribution in [2.45, 2.75) is 0 Å². The van der Waals surface area contributed by atoms with Crippen molar-refractivity contribution >= 4 is 46.1 Å². The summed E-state index contributed by atoms with van der Waals surface area (Å²) < 4.78 is 0. The molecule has 0 radical (unpaired) electrons. The molecule has 5 heteroatoms. The fourth-order valence-corrected chi connectivity index (χ4v) is 3.27. The standard InChI is InChI=1S/C15H8Cl3NS/c16-11-4-2-1-3-10(11)15-19-14(8-20-15)9-5-6-12(17)13(18)7-9/h1-8H. The van der Waals surface area contributed by atoms with Crippen molar-refractivity contribution in [3.63, 3.8) is 0 Å². The van der Waals surface area contributed by atoms with E-state index < -0.39 is 0 Å². The van der Waals surface area contributed by atoms with Gasteiger partial charge in [-0.15, -0.1) is 11.3 Å². The average Bonchev–Trinajstić information content (AvgIpc) is 2.92. The lowest BCUT2D eigenvalue weighted by Crippen LogP contribution is -1.81. The zero-order chi connectivity index (χ0) is 14.1. The molecule has 100 valence electrons. The minimum Gasteiger partial charge on any atom is -0.236 e. The Hall–Kier alpha value is -1.06. The number of benzene rings is 2. The SMILES string of the molecule is Clc1ccc(-c2csc(-c3ccccc3Cl)n2)cc1Cl. The summed E-state index contributed by atoms with van der Waals surface area (Å²) in [5.74, 6) is 0. The highest BCUT2D eigenvalue weighted by molar-refractivity contribution is 7.13. The summed E-state index contributed by atoms with van der Waals surface area (Å²) in [4.78, 5) is 4.61. The summed E-state index contributed by atoms with van der Waals surface area (Å²) >= 11 is 19.7. The zero-order valence-electron chi connectivity index (χ0n) is 10.1. The lowest BCUT2D eigenvalue weighted by Gasteiger charge is -2.00. The minimum absolute atomic E-state index is 0.525. The normalized spacial score (nSPS) is 10.8. The molecule has 0 N–H and O–H groups in total. The highest BCUT2D eigenvalue weighted by Crippen LogP contribution is 2.34. The van der Waals surface area contributed by atoms with E-state index in [9.17, 15) is 0 Å². The maximum atomic E-state index is 6.19. The maximum Gasteiger partial charge on any atom is 0.125 e. The second-order valence-corrected chi connectivity index (χ2v) is 6.23. The van der Waals surface area contributed by atoms with E-state index in [-0.39, 0.29) is 0 Å². The average molecular weight is 341 g/mol. The Morgan fingerprint density at radius 2 is 1.65 bits per heavy atom. The lowest BCUT2D eigenvalue weighted by molar-refractivity contribution is 1.40. The van der Waals surface area contributed by atoms with Gasteiger partial charge < -0.3 is 0 Å². The van der Waals surface area contributed by atoms with Crippen LogP contribution < -0.4 is 0 Å². The van der Waals surface area contributed by atoms with Crippen LogP contribution in [0.3, 0.4) is 0 Å². The zero-order valence-corrected chi connectivity index (χ0v) is 13.2. The first-order valence-electron chi connectivity index (χ1n) is 5.81. The Kier molecular flexibility index (Phi) is 3.99. The minimum atomic E-state index is 0.525. The van der Waals surface area contributed by atoms with E-state index >= 15 is 0 Å². The maximum absolute atomic E-state index is 6.19. The molecule has 0 amide bonds. The van der Waals surface area contributed by atoms with Gasteiger partial charge >= 0.3 is 0 Å². The van der Waals surface area contributed by atoms with E-state index in [1.807, 2.05) is 41.8 Å². The summed E-state index contributed by atoms with van der Waals surface area (Å²) in [7, 11) is 0. The first kappa shape index (κ1) is 13.9. The molecule has 0 spiro atoms. The number of rotatable bonds is 2. The largest absolute Gasteiger partial charge is 0.236 e. The van der Waals surface area contributed by atoms with Crippen LogP contribution in [0.1, 0.15) is 0 Å². The van der Waals surface area contributed by atoms with Gasteiger partial charge in [0.1, 0.15) is 5.01 Å². The Morgan fingerprint density at radius 3 is 2.40 bits per heavy atom. The molecule has 0 aliphatic rings. The topological polar surface area (TPSA) is 12.9 Å². The lowest BCUT2D eigenvalue weighted by atomic mass is 10.2. The molecule has 0 aliphatic heterocycles. The van der Waals surface area contributed by atoms with Crippen molar-refractivity contribution < 1.29 is 0 Å². The summed E-state index contributed by atoms with van der Waals surface area (Å²) in [6.07, 6.45) is 0. The molecule has 3 rings (SSSR count). The fraction of sp³-hybridized carbons (Fsp3) is 0. The smallest absolute Gasteiger partial charge is 0.125 e. The molecule has 1 heterocycles. The molecular formula is C15H8Cl3NS. The molecule has 0 aliphatic carbocycles. The van der Waals surface area contributed by atoms with E-state index in [2.05, 4.69) is 4.98 Å². The van der Waals surface area contributed by atoms with Gasteiger partial charge in [-0.2, -0.15) is 0 Å². The van der Waals surface area contributed by atoms with Gasteiger partial charge in [-0.3, -0.25) is 0 Å². The van der Waals surface area contributed by atoms with Crippen LogP contribution in [0.5, 0.6) is 0 Å². The monoisotopic (exact) mass is 339 g/mol. The molecule has 1 nitrogen and oxygen atoms in total. The van der Waals surface area contributed by atoms with Crippen molar-refractivity contribution in [1.29, 1.82) is 0 Å². The third-order valence-electron chi connectivity index (χ3n) is 2.82. The van der Waals surface area contributed by atoms with E-state index in [1.165, 1.54) is 0 Å². The molecule has 0 unspecified atom stereocenters. The number of hydrogen-bond donors (Lipinski definition) is 0. The number of halogens is 3. The van der Waals surface area contributed by atoms with Crippen molar-refractivity contribution in [2.75, 3.05) is 0 Å². The first-order valence-corrected chi connectivity index (χ1v) is 7.82. The van der Waals surface area contributed by atoms with E-state index in [1.54, 1.807) is 17.4 Å². The number of hydrogen-bond acceptors (Lipinski definition) is 2. The third-order valence-corrected chi connectivity index (χ3v) is 4.77. The van der Waals surface area contributed by atoms with Crippen molar-refractivity contribution in [3.05, 3.63) is 62.9 Å². The van der Waals surface area contributed by atoms with Gasteiger partial charge in [0.15, 0.2) is 0 Å². The molecule has 0 saturated carbocycles. The van der Waals surface area contributed by atoms with Crippen LogP contribution in [0.25, 0.3) is 21.8 Å². The predicted molar refractivity (Wildman–Crippen MR) is 88.0 cm³/mol. The summed E-state index contributed by atoms with van der Waals surface area (Å²) in [5, 5.41) is 4.63. The van der Waals surface area contributed by atoms with Crippen molar-refractivity contribution in [1.82, 2.24) is 4.98 Å². The molecule has 0 atom stereocenters. The van der Waals surface area contributed by atoms with Gasteiger partial charge in [-0.25, -0.2) is 4.98 Å². The molecule has 0 bridgehead atoms. The van der Waals surface area contributed by atoms with Gasteiger partial charge in [0.25, 0.3) is 0 Å². The second-order valence-electron chi connectivity index (χ2n) is 4.15. The van der Waals surface area contributed by atoms with Gasteiger partial charge in [-0.05, 0) is 18.2 Å². The Morgan fingerprint density at radius 1 is 0.850 bits per heavy atom. The molecule has 3 aromatic rings. The van der Waals surface area contributed by atoms with E-state index in [4.69, 9.17) is 34.8 Å². The van der Waals surface area contributed by atoms with Gasteiger partial charge in [-0.1, -0.05) is 59.1 Å². The summed E-state index contributed by atoms with van der Waals surface area (Å²) in [5.41, 5.74) is 2.74. The number of thiazole rings is 1. The van der Waals surface area contributed by atoms with Crippen LogP contribution in [-0.4, -0.2) is 4.98 Å². The molecule has 1 aromatic heterocycles. The summed E-state index contributed by atoms with van der Waals surface area (Å²) in [6.45, 7) is 0. The third kappa shape index (κ3) is 2.70. The van der Waals surface area contributed by atoms with Gasteiger partial charge in [0, 0.05) is 16.5 Å². The van der Waals surface area contributed by atoms with Crippen LogP contribution in [0.4, 0.5) is 0 Å². The van der Waals surface area contributed by atoms with Crippen LogP contribution >= 0.6 is 46.1 Å².